The summed E-state index contributed by atoms with van der Waals surface area (Å²) in [6.07, 6.45) is 0. The first kappa shape index (κ1) is 23.6. The first-order chi connectivity index (χ1) is 18.6. The van der Waals surface area contributed by atoms with Crippen LogP contribution in [0.2, 0.25) is 0 Å². The fourth-order valence-electron chi connectivity index (χ4n) is 3.89. The first-order valence-corrected chi connectivity index (χ1v) is 13.4. The molecule has 0 fully saturated rings. The molecule has 0 radical (unpaired) electrons. The van der Waals surface area contributed by atoms with E-state index in [9.17, 15) is 9.59 Å². The molecule has 10 heteroatoms. The van der Waals surface area contributed by atoms with E-state index in [0.29, 0.717) is 22.8 Å². The van der Waals surface area contributed by atoms with Gasteiger partial charge in [-0.3, -0.25) is 19.8 Å². The lowest BCUT2D eigenvalue weighted by Crippen LogP contribution is -2.12. The van der Waals surface area contributed by atoms with Gasteiger partial charge in [0.05, 0.1) is 9.75 Å². The van der Waals surface area contributed by atoms with Crippen LogP contribution >= 0.6 is 22.7 Å². The third kappa shape index (κ3) is 5.03. The zero-order valence-corrected chi connectivity index (χ0v) is 21.4. The molecule has 6 rings (SSSR count). The number of H-pyrrole nitrogens is 2. The number of rotatable bonds is 7. The van der Waals surface area contributed by atoms with E-state index in [0.717, 1.165) is 32.3 Å². The van der Waals surface area contributed by atoms with E-state index < -0.39 is 0 Å². The normalized spacial score (nSPS) is 10.8. The Kier molecular flexibility index (Phi) is 6.39. The van der Waals surface area contributed by atoms with E-state index in [1.807, 2.05) is 71.4 Å². The van der Waals surface area contributed by atoms with Gasteiger partial charge in [-0.05, 0) is 58.3 Å². The van der Waals surface area contributed by atoms with Gasteiger partial charge in [-0.1, -0.05) is 36.4 Å². The number of benzene rings is 2. The van der Waals surface area contributed by atoms with E-state index in [2.05, 4.69) is 31.0 Å². The Morgan fingerprint density at radius 3 is 1.39 bits per heavy atom. The van der Waals surface area contributed by atoms with Crippen LogP contribution in [0.5, 0.6) is 0 Å². The third-order valence-corrected chi connectivity index (χ3v) is 7.61. The maximum atomic E-state index is 12.7. The zero-order valence-electron chi connectivity index (χ0n) is 19.8. The monoisotopic (exact) mass is 536 g/mol. The molecule has 0 atom stereocenters. The van der Waals surface area contributed by atoms with Crippen LogP contribution < -0.4 is 10.6 Å². The van der Waals surface area contributed by atoms with E-state index in [1.165, 1.54) is 0 Å². The number of carbonyl (C=O) groups excluding carboxylic acids is 2. The van der Waals surface area contributed by atoms with Gasteiger partial charge in [0.2, 0.25) is 0 Å². The van der Waals surface area contributed by atoms with Crippen LogP contribution in [0.15, 0.2) is 95.7 Å². The first-order valence-electron chi connectivity index (χ1n) is 11.6. The molecule has 4 heterocycles. The molecule has 0 spiro atoms. The second-order valence-corrected chi connectivity index (χ2v) is 10.2. The van der Waals surface area contributed by atoms with Crippen molar-refractivity contribution in [1.29, 1.82) is 0 Å². The van der Waals surface area contributed by atoms with Gasteiger partial charge in [0.1, 0.15) is 23.0 Å². The lowest BCUT2D eigenvalue weighted by Gasteiger charge is -2.07. The highest BCUT2D eigenvalue weighted by Crippen LogP contribution is 2.26. The number of amides is 2. The lowest BCUT2D eigenvalue weighted by atomic mass is 10.0. The smallest absolute Gasteiger partial charge is 0.256 e. The van der Waals surface area contributed by atoms with Gasteiger partial charge in [-0.2, -0.15) is 10.2 Å². The summed E-state index contributed by atoms with van der Waals surface area (Å²) >= 11 is 3.17. The maximum absolute atomic E-state index is 12.7. The van der Waals surface area contributed by atoms with Crippen molar-refractivity contribution in [1.82, 2.24) is 20.4 Å². The third-order valence-electron chi connectivity index (χ3n) is 5.83. The minimum atomic E-state index is -0.231. The number of aromatic nitrogens is 4. The Morgan fingerprint density at radius 2 is 1.03 bits per heavy atom. The molecule has 0 saturated carbocycles. The number of carbonyl (C=O) groups is 2. The predicted octanol–water partition coefficient (Wildman–Crippen LogP) is 6.76. The highest BCUT2D eigenvalue weighted by molar-refractivity contribution is 7.13. The van der Waals surface area contributed by atoms with Gasteiger partial charge in [0, 0.05) is 23.3 Å². The molecule has 6 aromatic rings. The zero-order chi connectivity index (χ0) is 25.9. The highest BCUT2D eigenvalue weighted by Gasteiger charge is 2.12. The average Bonchev–Trinajstić information content (AvgIpc) is 3.76. The Balaban J connectivity index is 1.08. The summed E-state index contributed by atoms with van der Waals surface area (Å²) in [7, 11) is 0. The lowest BCUT2D eigenvalue weighted by molar-refractivity contribution is 0.101. The van der Waals surface area contributed by atoms with Crippen molar-refractivity contribution in [2.75, 3.05) is 10.6 Å². The largest absolute Gasteiger partial charge is 0.307 e. The summed E-state index contributed by atoms with van der Waals surface area (Å²) < 4.78 is 0. The minimum Gasteiger partial charge on any atom is -0.307 e. The molecule has 2 aromatic carbocycles. The van der Waals surface area contributed by atoms with E-state index in [-0.39, 0.29) is 11.8 Å². The summed E-state index contributed by atoms with van der Waals surface area (Å²) in [4.78, 5) is 27.4. The van der Waals surface area contributed by atoms with E-state index in [4.69, 9.17) is 0 Å². The molecule has 0 unspecified atom stereocenters. The summed E-state index contributed by atoms with van der Waals surface area (Å²) in [5.74, 6) is 0.611. The fraction of sp³-hybridized carbons (Fsp3) is 0. The van der Waals surface area contributed by atoms with Gasteiger partial charge in [-0.25, -0.2) is 0 Å². The van der Waals surface area contributed by atoms with Gasteiger partial charge in [0.25, 0.3) is 11.8 Å². The number of aromatic amines is 2. The summed E-state index contributed by atoms with van der Waals surface area (Å²) in [5, 5.41) is 23.9. The summed E-state index contributed by atoms with van der Waals surface area (Å²) in [6, 6.07) is 26.1. The molecular formula is C28H20N6O2S2. The molecule has 0 bridgehead atoms. The molecule has 38 heavy (non-hydrogen) atoms. The number of thiophene rings is 2. The molecule has 0 aliphatic rings. The van der Waals surface area contributed by atoms with Crippen LogP contribution in [0.3, 0.4) is 0 Å². The summed E-state index contributed by atoms with van der Waals surface area (Å²) in [6.45, 7) is 0. The number of nitrogens with zero attached hydrogens (tertiary/aromatic N) is 2. The SMILES string of the molecule is O=C(Nc1cc(-c2cccs2)n[nH]1)c1ccc(-c2ccc(C(=O)Nc3cc(-c4cccs4)n[nH]3)cc2)cc1. The van der Waals surface area contributed by atoms with Crippen LogP contribution in [-0.4, -0.2) is 32.2 Å². The van der Waals surface area contributed by atoms with Crippen molar-refractivity contribution in [3.63, 3.8) is 0 Å². The van der Waals surface area contributed by atoms with Crippen molar-refractivity contribution < 1.29 is 9.59 Å². The summed E-state index contributed by atoms with van der Waals surface area (Å²) in [5.41, 5.74) is 4.50. The van der Waals surface area contributed by atoms with Crippen molar-refractivity contribution in [3.8, 4) is 32.3 Å². The minimum absolute atomic E-state index is 0.231. The molecule has 8 nitrogen and oxygen atoms in total. The van der Waals surface area contributed by atoms with Gasteiger partial charge in [-0.15, -0.1) is 22.7 Å². The van der Waals surface area contributed by atoms with Crippen LogP contribution in [0.1, 0.15) is 20.7 Å². The number of nitrogens with one attached hydrogen (secondary N) is 4. The molecule has 4 aromatic heterocycles. The van der Waals surface area contributed by atoms with E-state index in [1.54, 1.807) is 46.9 Å². The van der Waals surface area contributed by atoms with Gasteiger partial charge < -0.3 is 10.6 Å². The van der Waals surface area contributed by atoms with Crippen molar-refractivity contribution in [2.45, 2.75) is 0 Å². The highest BCUT2D eigenvalue weighted by atomic mass is 32.1. The molecule has 0 aliphatic carbocycles. The van der Waals surface area contributed by atoms with Crippen LogP contribution in [-0.2, 0) is 0 Å². The second-order valence-electron chi connectivity index (χ2n) is 8.35. The molecule has 4 N–H and O–H groups in total. The van der Waals surface area contributed by atoms with Crippen molar-refractivity contribution >= 4 is 46.1 Å². The second kappa shape index (κ2) is 10.3. The molecule has 0 aliphatic heterocycles. The van der Waals surface area contributed by atoms with Crippen LogP contribution in [0.4, 0.5) is 11.6 Å². The Labute approximate surface area is 225 Å². The number of hydrogen-bond donors (Lipinski definition) is 4. The van der Waals surface area contributed by atoms with E-state index >= 15 is 0 Å². The van der Waals surface area contributed by atoms with Gasteiger partial charge in [0.15, 0.2) is 0 Å². The fourth-order valence-corrected chi connectivity index (χ4v) is 5.26. The predicted molar refractivity (Wildman–Crippen MR) is 152 cm³/mol. The maximum Gasteiger partial charge on any atom is 0.256 e. The Hall–Kier alpha value is -4.80. The quantitative estimate of drug-likeness (QED) is 0.180. The Morgan fingerprint density at radius 1 is 0.605 bits per heavy atom. The van der Waals surface area contributed by atoms with Crippen molar-refractivity contribution in [3.05, 3.63) is 107 Å². The van der Waals surface area contributed by atoms with Crippen molar-refractivity contribution in [2.24, 2.45) is 0 Å². The number of hydrogen-bond acceptors (Lipinski definition) is 6. The number of anilines is 2. The van der Waals surface area contributed by atoms with Crippen LogP contribution in [0.25, 0.3) is 32.3 Å². The molecule has 186 valence electrons. The topological polar surface area (TPSA) is 116 Å². The Bertz CT molecular complexity index is 1560. The standard InChI is InChI=1S/C28H20N6O2S2/c35-27(29-25-15-21(31-33-25)23-3-1-13-37-23)19-9-5-17(6-10-19)18-7-11-20(12-8-18)28(36)30-26-16-22(32-34-26)24-4-2-14-38-24/h1-16H,(H2,29,31,33,35)(H2,30,32,34,36). The van der Waals surface area contributed by atoms with Crippen LogP contribution in [0, 0.1) is 0 Å². The molecule has 0 saturated heterocycles. The van der Waals surface area contributed by atoms with Gasteiger partial charge >= 0.3 is 0 Å². The molecule has 2 amide bonds. The molecular weight excluding hydrogens is 516 g/mol. The average molecular weight is 537 g/mol.